The number of nitrogens with zero attached hydrogens (tertiary/aromatic N) is 2. The fraction of sp³-hybridized carbons (Fsp3) is 0.263. The fourth-order valence-corrected chi connectivity index (χ4v) is 4.02. The molecule has 0 bridgehead atoms. The SMILES string of the molecule is CCOc1ccc2c(c1)sc(=NC(=O)c1cccc(F)c1)n2CCSC. The second-order valence-corrected chi connectivity index (χ2v) is 7.51. The number of fused-ring (bicyclic) bond motifs is 1. The van der Waals surface area contributed by atoms with Crippen molar-refractivity contribution in [1.29, 1.82) is 0 Å². The van der Waals surface area contributed by atoms with Crippen LogP contribution in [0.1, 0.15) is 17.3 Å². The average molecular weight is 391 g/mol. The zero-order valence-corrected chi connectivity index (χ0v) is 16.2. The number of aromatic nitrogens is 1. The maximum Gasteiger partial charge on any atom is 0.279 e. The van der Waals surface area contributed by atoms with Crippen LogP contribution in [0.4, 0.5) is 4.39 Å². The number of ether oxygens (including phenoxy) is 1. The lowest BCUT2D eigenvalue weighted by molar-refractivity contribution is 0.0997. The summed E-state index contributed by atoms with van der Waals surface area (Å²) in [4.78, 5) is 17.3. The van der Waals surface area contributed by atoms with Crippen LogP contribution in [0.5, 0.6) is 5.75 Å². The van der Waals surface area contributed by atoms with Gasteiger partial charge in [0.1, 0.15) is 11.6 Å². The molecule has 136 valence electrons. The standard InChI is InChI=1S/C19H19FN2O2S2/c1-3-24-15-7-8-16-17(12-15)26-19(22(16)9-10-25-2)21-18(23)13-5-4-6-14(20)11-13/h4-8,11-12H,3,9-10H2,1-2H3. The molecule has 7 heteroatoms. The van der Waals surface area contributed by atoms with Crippen LogP contribution in [-0.2, 0) is 6.54 Å². The van der Waals surface area contributed by atoms with Gasteiger partial charge in [-0.05, 0) is 49.6 Å². The van der Waals surface area contributed by atoms with Crippen LogP contribution in [0, 0.1) is 5.82 Å². The van der Waals surface area contributed by atoms with Crippen LogP contribution in [0.2, 0.25) is 0 Å². The lowest BCUT2D eigenvalue weighted by Gasteiger charge is -2.05. The Kier molecular flexibility index (Phi) is 6.11. The van der Waals surface area contributed by atoms with Gasteiger partial charge in [-0.2, -0.15) is 16.8 Å². The van der Waals surface area contributed by atoms with Gasteiger partial charge in [0.2, 0.25) is 0 Å². The molecule has 2 aromatic carbocycles. The Morgan fingerprint density at radius 3 is 2.88 bits per heavy atom. The fourth-order valence-electron chi connectivity index (χ4n) is 2.57. The summed E-state index contributed by atoms with van der Waals surface area (Å²) in [6.07, 6.45) is 2.04. The molecule has 4 nitrogen and oxygen atoms in total. The van der Waals surface area contributed by atoms with E-state index in [1.165, 1.54) is 29.5 Å². The third-order valence-corrected chi connectivity index (χ3v) is 5.38. The molecule has 1 amide bonds. The predicted octanol–water partition coefficient (Wildman–Crippen LogP) is 4.34. The number of aryl methyl sites for hydroxylation is 1. The monoisotopic (exact) mass is 390 g/mol. The maximum atomic E-state index is 13.4. The molecule has 0 spiro atoms. The summed E-state index contributed by atoms with van der Waals surface area (Å²) in [5, 5.41) is 0. The number of hydrogen-bond acceptors (Lipinski definition) is 4. The van der Waals surface area contributed by atoms with E-state index in [4.69, 9.17) is 4.74 Å². The zero-order valence-electron chi connectivity index (χ0n) is 14.6. The molecule has 0 radical (unpaired) electrons. The molecule has 0 saturated heterocycles. The van der Waals surface area contributed by atoms with Crippen LogP contribution in [-0.4, -0.2) is 29.1 Å². The van der Waals surface area contributed by atoms with Gasteiger partial charge in [0.05, 0.1) is 16.8 Å². The van der Waals surface area contributed by atoms with E-state index in [9.17, 15) is 9.18 Å². The third-order valence-electron chi connectivity index (χ3n) is 3.75. The van der Waals surface area contributed by atoms with Gasteiger partial charge in [-0.1, -0.05) is 17.4 Å². The van der Waals surface area contributed by atoms with E-state index in [-0.39, 0.29) is 5.56 Å². The first-order valence-corrected chi connectivity index (χ1v) is 10.4. The van der Waals surface area contributed by atoms with Crippen molar-refractivity contribution in [3.63, 3.8) is 0 Å². The highest BCUT2D eigenvalue weighted by atomic mass is 32.2. The van der Waals surface area contributed by atoms with Crippen LogP contribution >= 0.6 is 23.1 Å². The van der Waals surface area contributed by atoms with Crippen LogP contribution < -0.4 is 9.54 Å². The van der Waals surface area contributed by atoms with Crippen molar-refractivity contribution in [3.8, 4) is 5.75 Å². The Morgan fingerprint density at radius 2 is 2.15 bits per heavy atom. The first-order valence-electron chi connectivity index (χ1n) is 8.22. The number of hydrogen-bond donors (Lipinski definition) is 0. The number of halogens is 1. The molecule has 1 heterocycles. The van der Waals surface area contributed by atoms with Crippen molar-refractivity contribution in [1.82, 2.24) is 4.57 Å². The molecule has 3 aromatic rings. The van der Waals surface area contributed by atoms with Crippen molar-refractivity contribution in [2.24, 2.45) is 4.99 Å². The summed E-state index contributed by atoms with van der Waals surface area (Å²) >= 11 is 3.16. The van der Waals surface area contributed by atoms with Crippen molar-refractivity contribution >= 4 is 39.2 Å². The maximum absolute atomic E-state index is 13.4. The second-order valence-electron chi connectivity index (χ2n) is 5.52. The summed E-state index contributed by atoms with van der Waals surface area (Å²) in [5.74, 6) is 0.805. The van der Waals surface area contributed by atoms with Crippen LogP contribution in [0.3, 0.4) is 0 Å². The summed E-state index contributed by atoms with van der Waals surface area (Å²) in [7, 11) is 0. The predicted molar refractivity (Wildman–Crippen MR) is 106 cm³/mol. The Balaban J connectivity index is 2.08. The molecule has 0 aliphatic rings. The summed E-state index contributed by atoms with van der Waals surface area (Å²) in [5.41, 5.74) is 1.26. The molecule has 0 unspecified atom stereocenters. The molecule has 0 saturated carbocycles. The third kappa shape index (κ3) is 4.16. The molecular weight excluding hydrogens is 371 g/mol. The topological polar surface area (TPSA) is 43.6 Å². The number of carbonyl (C=O) groups excluding carboxylic acids is 1. The van der Waals surface area contributed by atoms with Gasteiger partial charge in [0.15, 0.2) is 4.80 Å². The highest BCUT2D eigenvalue weighted by molar-refractivity contribution is 7.98. The number of amides is 1. The molecule has 3 rings (SSSR count). The van der Waals surface area contributed by atoms with Crippen molar-refractivity contribution in [2.75, 3.05) is 18.6 Å². The van der Waals surface area contributed by atoms with E-state index < -0.39 is 11.7 Å². The minimum atomic E-state index is -0.445. The van der Waals surface area contributed by atoms with E-state index in [2.05, 4.69) is 4.99 Å². The van der Waals surface area contributed by atoms with Crippen molar-refractivity contribution < 1.29 is 13.9 Å². The molecule has 0 fully saturated rings. The molecule has 0 N–H and O–H groups in total. The molecule has 0 aliphatic carbocycles. The summed E-state index contributed by atoms with van der Waals surface area (Å²) in [6, 6.07) is 11.5. The van der Waals surface area contributed by atoms with Gasteiger partial charge in [-0.3, -0.25) is 4.79 Å². The van der Waals surface area contributed by atoms with E-state index in [1.807, 2.05) is 35.9 Å². The quantitative estimate of drug-likeness (QED) is 0.629. The first kappa shape index (κ1) is 18.7. The lowest BCUT2D eigenvalue weighted by Crippen LogP contribution is -2.18. The van der Waals surface area contributed by atoms with E-state index in [0.717, 1.165) is 28.3 Å². The number of thiazole rings is 1. The summed E-state index contributed by atoms with van der Waals surface area (Å²) in [6.45, 7) is 3.28. The second kappa shape index (κ2) is 8.51. The van der Waals surface area contributed by atoms with E-state index in [1.54, 1.807) is 17.8 Å². The zero-order chi connectivity index (χ0) is 18.5. The highest BCUT2D eigenvalue weighted by Gasteiger charge is 2.10. The molecule has 1 aromatic heterocycles. The Morgan fingerprint density at radius 1 is 1.31 bits per heavy atom. The van der Waals surface area contributed by atoms with Gasteiger partial charge in [-0.25, -0.2) is 4.39 Å². The first-order chi connectivity index (χ1) is 12.6. The van der Waals surface area contributed by atoms with Gasteiger partial charge in [0, 0.05) is 17.9 Å². The Hall–Kier alpha value is -2.12. The van der Waals surface area contributed by atoms with E-state index >= 15 is 0 Å². The number of rotatable bonds is 6. The molecule has 0 atom stereocenters. The average Bonchev–Trinajstić information content (AvgIpc) is 2.96. The number of thioether (sulfide) groups is 1. The lowest BCUT2D eigenvalue weighted by atomic mass is 10.2. The number of benzene rings is 2. The van der Waals surface area contributed by atoms with Crippen LogP contribution in [0.15, 0.2) is 47.5 Å². The summed E-state index contributed by atoms with van der Waals surface area (Å²) < 4.78 is 22.0. The minimum Gasteiger partial charge on any atom is -0.494 e. The van der Waals surface area contributed by atoms with Crippen molar-refractivity contribution in [3.05, 3.63) is 58.6 Å². The highest BCUT2D eigenvalue weighted by Crippen LogP contribution is 2.24. The Bertz CT molecular complexity index is 995. The van der Waals surface area contributed by atoms with Crippen molar-refractivity contribution in [2.45, 2.75) is 13.5 Å². The van der Waals surface area contributed by atoms with Gasteiger partial charge in [0.25, 0.3) is 5.91 Å². The van der Waals surface area contributed by atoms with Crippen LogP contribution in [0.25, 0.3) is 10.2 Å². The molecular formula is C19H19FN2O2S2. The minimum absolute atomic E-state index is 0.244. The Labute approximate surface area is 159 Å². The smallest absolute Gasteiger partial charge is 0.279 e. The normalized spacial score (nSPS) is 11.9. The molecule has 0 aliphatic heterocycles. The molecule has 26 heavy (non-hydrogen) atoms. The van der Waals surface area contributed by atoms with Gasteiger partial charge >= 0.3 is 0 Å². The van der Waals surface area contributed by atoms with Gasteiger partial charge in [-0.15, -0.1) is 0 Å². The number of carbonyl (C=O) groups is 1. The van der Waals surface area contributed by atoms with Gasteiger partial charge < -0.3 is 9.30 Å². The largest absolute Gasteiger partial charge is 0.494 e. The van der Waals surface area contributed by atoms with E-state index in [0.29, 0.717) is 11.4 Å².